The minimum absolute atomic E-state index is 0.466. The molecule has 0 aliphatic heterocycles. The fraction of sp³-hybridized carbons (Fsp3) is 0.182. The van der Waals surface area contributed by atoms with Gasteiger partial charge in [0.2, 0.25) is 5.95 Å². The number of aryl methyl sites for hydroxylation is 2. The molecular weight excluding hydrogens is 398 g/mol. The third-order valence-electron chi connectivity index (χ3n) is 4.22. The summed E-state index contributed by atoms with van der Waals surface area (Å²) in [5.41, 5.74) is 4.01. The number of aromatic nitrogens is 2. The average molecular weight is 424 g/mol. The van der Waals surface area contributed by atoms with Gasteiger partial charge in [0.15, 0.2) is 0 Å². The van der Waals surface area contributed by atoms with E-state index in [4.69, 9.17) is 0 Å². The van der Waals surface area contributed by atoms with Gasteiger partial charge in [0, 0.05) is 37.2 Å². The Morgan fingerprint density at radius 2 is 1.53 bits per heavy atom. The Balaban J connectivity index is 1.67. The summed E-state index contributed by atoms with van der Waals surface area (Å²) in [4.78, 5) is 10.7. The van der Waals surface area contributed by atoms with Crippen LogP contribution in [0.15, 0.2) is 60.0 Å². The van der Waals surface area contributed by atoms with Gasteiger partial charge in [0.05, 0.1) is 5.41 Å². The molecule has 8 heteroatoms. The van der Waals surface area contributed by atoms with Crippen molar-refractivity contribution in [2.75, 3.05) is 29.0 Å². The zero-order chi connectivity index (χ0) is 21.7. The Bertz CT molecular complexity index is 1140. The third kappa shape index (κ3) is 6.05. The molecular formula is C22H25N5O2S. The lowest BCUT2D eigenvalue weighted by molar-refractivity contribution is 0.609. The van der Waals surface area contributed by atoms with E-state index in [1.54, 1.807) is 30.3 Å². The summed E-state index contributed by atoms with van der Waals surface area (Å²) in [5, 5.41) is 4.30. The van der Waals surface area contributed by atoms with E-state index in [1.165, 1.54) is 0 Å². The van der Waals surface area contributed by atoms with Crippen molar-refractivity contribution in [3.8, 4) is 0 Å². The van der Waals surface area contributed by atoms with Crippen molar-refractivity contribution in [3.05, 3.63) is 76.8 Å². The van der Waals surface area contributed by atoms with Crippen LogP contribution in [0, 0.1) is 13.8 Å². The summed E-state index contributed by atoms with van der Waals surface area (Å²) < 4.78 is 27.2. The van der Waals surface area contributed by atoms with Crippen molar-refractivity contribution < 1.29 is 8.42 Å². The lowest BCUT2D eigenvalue weighted by Gasteiger charge is -2.14. The van der Waals surface area contributed by atoms with Gasteiger partial charge in [0.25, 0.3) is 10.0 Å². The number of benzene rings is 2. The van der Waals surface area contributed by atoms with Crippen LogP contribution in [0.25, 0.3) is 6.08 Å². The van der Waals surface area contributed by atoms with Crippen LogP contribution < -0.4 is 14.9 Å². The van der Waals surface area contributed by atoms with E-state index in [-0.39, 0.29) is 0 Å². The molecule has 0 saturated carbocycles. The molecule has 0 amide bonds. The van der Waals surface area contributed by atoms with Crippen LogP contribution in [-0.2, 0) is 10.0 Å². The van der Waals surface area contributed by atoms with Crippen molar-refractivity contribution in [2.45, 2.75) is 13.8 Å². The molecule has 0 fully saturated rings. The maximum Gasteiger partial charge on any atom is 0.255 e. The van der Waals surface area contributed by atoms with E-state index >= 15 is 0 Å². The molecule has 156 valence electrons. The zero-order valence-electron chi connectivity index (χ0n) is 17.4. The number of rotatable bonds is 7. The van der Waals surface area contributed by atoms with Crippen LogP contribution in [-0.4, -0.2) is 32.5 Å². The molecule has 0 aliphatic carbocycles. The van der Waals surface area contributed by atoms with E-state index in [0.717, 1.165) is 33.7 Å². The normalized spacial score (nSPS) is 11.5. The van der Waals surface area contributed by atoms with Crippen LogP contribution in [0.3, 0.4) is 0 Å². The average Bonchev–Trinajstić information content (AvgIpc) is 2.68. The van der Waals surface area contributed by atoms with E-state index in [1.807, 2.05) is 63.2 Å². The second-order valence-corrected chi connectivity index (χ2v) is 8.71. The minimum atomic E-state index is -3.62. The van der Waals surface area contributed by atoms with Gasteiger partial charge >= 0.3 is 0 Å². The van der Waals surface area contributed by atoms with Gasteiger partial charge in [-0.3, -0.25) is 4.72 Å². The standard InChI is InChI=1S/C22H25N5O2S/c1-16-5-7-18(8-6-16)13-14-30(28,29)26-20-11-9-19(10-12-20)24-22-23-17(2)15-21(25-22)27(3)4/h5-15,26H,1-4H3,(H,23,24,25)/b14-13+. The maximum absolute atomic E-state index is 12.3. The first kappa shape index (κ1) is 21.3. The number of hydrogen-bond donors (Lipinski definition) is 2. The second-order valence-electron chi connectivity index (χ2n) is 7.15. The highest BCUT2D eigenvalue weighted by Crippen LogP contribution is 2.20. The smallest absolute Gasteiger partial charge is 0.255 e. The van der Waals surface area contributed by atoms with Gasteiger partial charge in [-0.15, -0.1) is 0 Å². The molecule has 1 aromatic heterocycles. The molecule has 0 radical (unpaired) electrons. The van der Waals surface area contributed by atoms with Gasteiger partial charge in [-0.25, -0.2) is 13.4 Å². The van der Waals surface area contributed by atoms with Crippen LogP contribution in [0.1, 0.15) is 16.8 Å². The summed E-state index contributed by atoms with van der Waals surface area (Å²) in [6.45, 7) is 3.89. The molecule has 2 aromatic carbocycles. The Hall–Kier alpha value is -3.39. The molecule has 0 atom stereocenters. The topological polar surface area (TPSA) is 87.2 Å². The third-order valence-corrected chi connectivity index (χ3v) is 5.23. The summed E-state index contributed by atoms with van der Waals surface area (Å²) in [6, 6.07) is 16.4. The molecule has 0 saturated heterocycles. The molecule has 3 aromatic rings. The van der Waals surface area contributed by atoms with Crippen molar-refractivity contribution in [2.24, 2.45) is 0 Å². The quantitative estimate of drug-likeness (QED) is 0.589. The van der Waals surface area contributed by atoms with Crippen LogP contribution in [0.4, 0.5) is 23.1 Å². The molecule has 30 heavy (non-hydrogen) atoms. The molecule has 1 heterocycles. The number of sulfonamides is 1. The highest BCUT2D eigenvalue weighted by molar-refractivity contribution is 7.95. The maximum atomic E-state index is 12.3. The molecule has 0 spiro atoms. The molecule has 7 nitrogen and oxygen atoms in total. The predicted molar refractivity (Wildman–Crippen MR) is 124 cm³/mol. The lowest BCUT2D eigenvalue weighted by Crippen LogP contribution is -2.12. The molecule has 0 unspecified atom stereocenters. The monoisotopic (exact) mass is 423 g/mol. The Kier molecular flexibility index (Phi) is 6.37. The first-order chi connectivity index (χ1) is 14.2. The first-order valence-electron chi connectivity index (χ1n) is 9.38. The lowest BCUT2D eigenvalue weighted by atomic mass is 10.2. The first-order valence-corrected chi connectivity index (χ1v) is 10.9. The van der Waals surface area contributed by atoms with Crippen LogP contribution in [0.2, 0.25) is 0 Å². The largest absolute Gasteiger partial charge is 0.363 e. The number of nitrogens with one attached hydrogen (secondary N) is 2. The Labute approximate surface area is 177 Å². The second kappa shape index (κ2) is 8.96. The summed E-state index contributed by atoms with van der Waals surface area (Å²) in [6.07, 6.45) is 1.56. The summed E-state index contributed by atoms with van der Waals surface area (Å²) in [5.74, 6) is 1.28. The number of hydrogen-bond acceptors (Lipinski definition) is 6. The number of anilines is 4. The van der Waals surface area contributed by atoms with Crippen LogP contribution in [0.5, 0.6) is 0 Å². The van der Waals surface area contributed by atoms with Gasteiger partial charge in [-0.2, -0.15) is 4.98 Å². The zero-order valence-corrected chi connectivity index (χ0v) is 18.2. The van der Waals surface area contributed by atoms with Gasteiger partial charge in [0.1, 0.15) is 5.82 Å². The Morgan fingerprint density at radius 1 is 0.900 bits per heavy atom. The van der Waals surface area contributed by atoms with E-state index in [9.17, 15) is 8.42 Å². The highest BCUT2D eigenvalue weighted by Gasteiger charge is 2.07. The fourth-order valence-corrected chi connectivity index (χ4v) is 3.50. The van der Waals surface area contributed by atoms with Gasteiger partial charge in [-0.05, 0) is 49.8 Å². The van der Waals surface area contributed by atoms with Crippen molar-refractivity contribution in [3.63, 3.8) is 0 Å². The van der Waals surface area contributed by atoms with Gasteiger partial charge < -0.3 is 10.2 Å². The number of nitrogens with zero attached hydrogens (tertiary/aromatic N) is 3. The van der Waals surface area contributed by atoms with Crippen molar-refractivity contribution in [1.82, 2.24) is 9.97 Å². The fourth-order valence-electron chi connectivity index (χ4n) is 2.63. The van der Waals surface area contributed by atoms with Crippen molar-refractivity contribution in [1.29, 1.82) is 0 Å². The molecule has 3 rings (SSSR count). The van der Waals surface area contributed by atoms with E-state index in [2.05, 4.69) is 20.0 Å². The Morgan fingerprint density at radius 3 is 2.17 bits per heavy atom. The molecule has 0 bridgehead atoms. The van der Waals surface area contributed by atoms with Gasteiger partial charge in [-0.1, -0.05) is 29.8 Å². The van der Waals surface area contributed by atoms with Crippen LogP contribution >= 0.6 is 0 Å². The SMILES string of the molecule is Cc1ccc(/C=C/S(=O)(=O)Nc2ccc(Nc3nc(C)cc(N(C)C)n3)cc2)cc1. The van der Waals surface area contributed by atoms with Crippen molar-refractivity contribution >= 4 is 39.2 Å². The predicted octanol–water partition coefficient (Wildman–Crippen LogP) is 4.32. The molecule has 2 N–H and O–H groups in total. The summed E-state index contributed by atoms with van der Waals surface area (Å²) >= 11 is 0. The van der Waals surface area contributed by atoms with E-state index in [0.29, 0.717) is 11.6 Å². The van der Waals surface area contributed by atoms with E-state index < -0.39 is 10.0 Å². The minimum Gasteiger partial charge on any atom is -0.363 e. The highest BCUT2D eigenvalue weighted by atomic mass is 32.2. The summed E-state index contributed by atoms with van der Waals surface area (Å²) in [7, 11) is 0.216. The molecule has 0 aliphatic rings.